The van der Waals surface area contributed by atoms with Crippen molar-refractivity contribution in [2.75, 3.05) is 13.2 Å². The SMILES string of the molecule is CCOC(=O)c1ccc2c(c1)C[C@H](CN)O2. The number of esters is 1. The first-order valence-electron chi connectivity index (χ1n) is 5.41. The lowest BCUT2D eigenvalue weighted by molar-refractivity contribution is 0.0526. The van der Waals surface area contributed by atoms with Crippen molar-refractivity contribution in [1.29, 1.82) is 0 Å². The molecule has 1 aromatic carbocycles. The predicted octanol–water partition coefficient (Wildman–Crippen LogP) is 1.13. The quantitative estimate of drug-likeness (QED) is 0.777. The molecule has 1 aliphatic rings. The Balaban J connectivity index is 2.19. The molecule has 4 nitrogen and oxygen atoms in total. The van der Waals surface area contributed by atoms with Crippen molar-refractivity contribution in [3.63, 3.8) is 0 Å². The second kappa shape index (κ2) is 4.53. The fraction of sp³-hybridized carbons (Fsp3) is 0.417. The molecule has 1 aliphatic heterocycles. The molecular formula is C12H15NO3. The van der Waals surface area contributed by atoms with E-state index in [0.29, 0.717) is 18.7 Å². The van der Waals surface area contributed by atoms with E-state index in [4.69, 9.17) is 15.2 Å². The summed E-state index contributed by atoms with van der Waals surface area (Å²) in [6, 6.07) is 5.34. The Hall–Kier alpha value is -1.55. The standard InChI is InChI=1S/C12H15NO3/c1-2-15-12(14)8-3-4-11-9(5-8)6-10(7-13)16-11/h3-5,10H,2,6-7,13H2,1H3/t10-/m1/s1. The van der Waals surface area contributed by atoms with Gasteiger partial charge in [-0.25, -0.2) is 4.79 Å². The maximum atomic E-state index is 11.5. The van der Waals surface area contributed by atoms with Crippen LogP contribution < -0.4 is 10.5 Å². The third-order valence-corrected chi connectivity index (χ3v) is 2.58. The van der Waals surface area contributed by atoms with Crippen molar-refractivity contribution in [3.05, 3.63) is 29.3 Å². The van der Waals surface area contributed by atoms with Crippen LogP contribution in [-0.4, -0.2) is 25.2 Å². The second-order valence-electron chi connectivity index (χ2n) is 3.72. The van der Waals surface area contributed by atoms with Crippen molar-refractivity contribution < 1.29 is 14.3 Å². The molecule has 86 valence electrons. The third kappa shape index (κ3) is 2.02. The van der Waals surface area contributed by atoms with Gasteiger partial charge in [0, 0.05) is 13.0 Å². The van der Waals surface area contributed by atoms with E-state index in [1.54, 1.807) is 19.1 Å². The van der Waals surface area contributed by atoms with Gasteiger partial charge in [0.1, 0.15) is 11.9 Å². The van der Waals surface area contributed by atoms with Gasteiger partial charge in [-0.05, 0) is 30.7 Å². The lowest BCUT2D eigenvalue weighted by Crippen LogP contribution is -2.24. The molecule has 1 aromatic rings. The van der Waals surface area contributed by atoms with Gasteiger partial charge in [-0.3, -0.25) is 0 Å². The highest BCUT2D eigenvalue weighted by atomic mass is 16.5. The number of carbonyl (C=O) groups is 1. The van der Waals surface area contributed by atoms with E-state index in [1.165, 1.54) is 0 Å². The third-order valence-electron chi connectivity index (χ3n) is 2.58. The van der Waals surface area contributed by atoms with Crippen molar-refractivity contribution >= 4 is 5.97 Å². The summed E-state index contributed by atoms with van der Waals surface area (Å²) in [5.41, 5.74) is 7.14. The summed E-state index contributed by atoms with van der Waals surface area (Å²) in [6.45, 7) is 2.67. The number of rotatable bonds is 3. The number of nitrogens with two attached hydrogens (primary N) is 1. The van der Waals surface area contributed by atoms with Crippen LogP contribution in [0.25, 0.3) is 0 Å². The molecule has 0 saturated carbocycles. The van der Waals surface area contributed by atoms with Crippen LogP contribution in [0.5, 0.6) is 5.75 Å². The second-order valence-corrected chi connectivity index (χ2v) is 3.72. The van der Waals surface area contributed by atoms with E-state index in [0.717, 1.165) is 17.7 Å². The van der Waals surface area contributed by atoms with Crippen LogP contribution in [0.2, 0.25) is 0 Å². The molecule has 0 aromatic heterocycles. The number of carbonyl (C=O) groups excluding carboxylic acids is 1. The number of hydrogen-bond acceptors (Lipinski definition) is 4. The first-order valence-corrected chi connectivity index (χ1v) is 5.41. The van der Waals surface area contributed by atoms with Crippen molar-refractivity contribution in [3.8, 4) is 5.75 Å². The van der Waals surface area contributed by atoms with Crippen molar-refractivity contribution in [1.82, 2.24) is 0 Å². The Labute approximate surface area is 94.3 Å². The van der Waals surface area contributed by atoms with Gasteiger partial charge < -0.3 is 15.2 Å². The lowest BCUT2D eigenvalue weighted by Gasteiger charge is -2.05. The molecular weight excluding hydrogens is 206 g/mol. The van der Waals surface area contributed by atoms with Crippen LogP contribution in [0, 0.1) is 0 Å². The molecule has 1 heterocycles. The highest BCUT2D eigenvalue weighted by molar-refractivity contribution is 5.89. The summed E-state index contributed by atoms with van der Waals surface area (Å²) in [6.07, 6.45) is 0.798. The fourth-order valence-corrected chi connectivity index (χ4v) is 1.79. The van der Waals surface area contributed by atoms with E-state index in [-0.39, 0.29) is 12.1 Å². The summed E-state index contributed by atoms with van der Waals surface area (Å²) < 4.78 is 10.5. The molecule has 0 amide bonds. The largest absolute Gasteiger partial charge is 0.488 e. The van der Waals surface area contributed by atoms with Gasteiger partial charge in [-0.2, -0.15) is 0 Å². The van der Waals surface area contributed by atoms with Gasteiger partial charge >= 0.3 is 5.97 Å². The summed E-state index contributed by atoms with van der Waals surface area (Å²) in [5.74, 6) is 0.532. The van der Waals surface area contributed by atoms with Crippen LogP contribution in [0.15, 0.2) is 18.2 Å². The van der Waals surface area contributed by atoms with E-state index < -0.39 is 0 Å². The summed E-state index contributed by atoms with van der Waals surface area (Å²) in [5, 5.41) is 0. The topological polar surface area (TPSA) is 61.5 Å². The van der Waals surface area contributed by atoms with Gasteiger partial charge in [0.25, 0.3) is 0 Å². The van der Waals surface area contributed by atoms with Crippen molar-refractivity contribution in [2.24, 2.45) is 5.73 Å². The number of benzene rings is 1. The maximum absolute atomic E-state index is 11.5. The molecule has 0 fully saturated rings. The molecule has 16 heavy (non-hydrogen) atoms. The zero-order valence-corrected chi connectivity index (χ0v) is 9.23. The molecule has 2 rings (SSSR count). The summed E-state index contributed by atoms with van der Waals surface area (Å²) in [7, 11) is 0. The predicted molar refractivity (Wildman–Crippen MR) is 59.6 cm³/mol. The van der Waals surface area contributed by atoms with Crippen LogP contribution in [-0.2, 0) is 11.2 Å². The number of ether oxygens (including phenoxy) is 2. The fourth-order valence-electron chi connectivity index (χ4n) is 1.79. The minimum absolute atomic E-state index is 0.0347. The molecule has 1 atom stereocenters. The van der Waals surface area contributed by atoms with Crippen LogP contribution in [0.1, 0.15) is 22.8 Å². The van der Waals surface area contributed by atoms with Crippen LogP contribution >= 0.6 is 0 Å². The highest BCUT2D eigenvalue weighted by Crippen LogP contribution is 2.29. The minimum Gasteiger partial charge on any atom is -0.488 e. The zero-order chi connectivity index (χ0) is 11.5. The molecule has 2 N–H and O–H groups in total. The van der Waals surface area contributed by atoms with Gasteiger partial charge in [0.2, 0.25) is 0 Å². The van der Waals surface area contributed by atoms with Gasteiger partial charge in [0.05, 0.1) is 12.2 Å². The first-order chi connectivity index (χ1) is 7.74. The Bertz CT molecular complexity index is 403. The molecule has 0 saturated heterocycles. The Kier molecular flexibility index (Phi) is 3.10. The minimum atomic E-state index is -0.290. The molecule has 0 aliphatic carbocycles. The molecule has 0 spiro atoms. The van der Waals surface area contributed by atoms with Gasteiger partial charge in [0.15, 0.2) is 0 Å². The molecule has 0 unspecified atom stereocenters. The molecule has 0 bridgehead atoms. The number of fused-ring (bicyclic) bond motifs is 1. The van der Waals surface area contributed by atoms with Crippen LogP contribution in [0.4, 0.5) is 0 Å². The summed E-state index contributed by atoms with van der Waals surface area (Å²) >= 11 is 0. The molecule has 4 heteroatoms. The van der Waals surface area contributed by atoms with E-state index in [1.807, 2.05) is 6.07 Å². The average molecular weight is 221 g/mol. The van der Waals surface area contributed by atoms with Gasteiger partial charge in [-0.1, -0.05) is 0 Å². The normalized spacial score (nSPS) is 17.8. The van der Waals surface area contributed by atoms with Crippen molar-refractivity contribution in [2.45, 2.75) is 19.4 Å². The Morgan fingerprint density at radius 3 is 3.12 bits per heavy atom. The highest BCUT2D eigenvalue weighted by Gasteiger charge is 2.22. The number of hydrogen-bond donors (Lipinski definition) is 1. The Morgan fingerprint density at radius 2 is 2.44 bits per heavy atom. The van der Waals surface area contributed by atoms with Crippen LogP contribution in [0.3, 0.4) is 0 Å². The van der Waals surface area contributed by atoms with E-state index >= 15 is 0 Å². The van der Waals surface area contributed by atoms with E-state index in [2.05, 4.69) is 0 Å². The van der Waals surface area contributed by atoms with Gasteiger partial charge in [-0.15, -0.1) is 0 Å². The van der Waals surface area contributed by atoms with E-state index in [9.17, 15) is 4.79 Å². The monoisotopic (exact) mass is 221 g/mol. The Morgan fingerprint density at radius 1 is 1.62 bits per heavy atom. The lowest BCUT2D eigenvalue weighted by atomic mass is 10.1. The summed E-state index contributed by atoms with van der Waals surface area (Å²) in [4.78, 5) is 11.5. The average Bonchev–Trinajstić information content (AvgIpc) is 2.70. The zero-order valence-electron chi connectivity index (χ0n) is 9.23. The smallest absolute Gasteiger partial charge is 0.338 e. The maximum Gasteiger partial charge on any atom is 0.338 e. The molecule has 0 radical (unpaired) electrons. The first kappa shape index (κ1) is 11.0.